The Kier molecular flexibility index (Phi) is 5.38. The number of aliphatic hydroxyl groups is 1. The smallest absolute Gasteiger partial charge is 0.261 e. The number of carbonyl (C=O) groups excluding carboxylic acids is 1. The van der Waals surface area contributed by atoms with Crippen molar-refractivity contribution in [2.24, 2.45) is 0 Å². The topological polar surface area (TPSA) is 87.6 Å². The van der Waals surface area contributed by atoms with E-state index in [9.17, 15) is 14.3 Å². The average molecular weight is 471 g/mol. The zero-order chi connectivity index (χ0) is 22.2. The van der Waals surface area contributed by atoms with Gasteiger partial charge in [-0.2, -0.15) is 0 Å². The van der Waals surface area contributed by atoms with E-state index >= 15 is 0 Å². The molecule has 2 N–H and O–H groups in total. The highest BCUT2D eigenvalue weighted by Gasteiger charge is 2.27. The molecule has 2 aromatic carbocycles. The number of nitrogens with one attached hydrogen (secondary N) is 1. The molecule has 0 saturated heterocycles. The van der Waals surface area contributed by atoms with E-state index in [0.717, 1.165) is 0 Å². The van der Waals surface area contributed by atoms with Gasteiger partial charge in [0.2, 0.25) is 0 Å². The Morgan fingerprint density at radius 3 is 3.00 bits per heavy atom. The molecule has 0 atom stereocenters. The molecule has 7 nitrogen and oxygen atoms in total. The molecular formula is C22H16ClFN4O3S. The highest BCUT2D eigenvalue weighted by Crippen LogP contribution is 2.41. The number of aliphatic hydroxyl groups excluding tert-OH is 1. The first kappa shape index (κ1) is 20.6. The summed E-state index contributed by atoms with van der Waals surface area (Å²) in [5.41, 5.74) is 2.20. The highest BCUT2D eigenvalue weighted by atomic mass is 35.5. The van der Waals surface area contributed by atoms with Crippen molar-refractivity contribution < 1.29 is 19.0 Å². The molecule has 0 bridgehead atoms. The Morgan fingerprint density at radius 1 is 1.31 bits per heavy atom. The number of nitrogens with zero attached hydrogens (tertiary/aromatic N) is 3. The maximum absolute atomic E-state index is 13.5. The third kappa shape index (κ3) is 3.75. The van der Waals surface area contributed by atoms with Crippen LogP contribution < -0.4 is 15.0 Å². The zero-order valence-electron chi connectivity index (χ0n) is 16.5. The second-order valence-corrected chi connectivity index (χ2v) is 8.48. The fourth-order valence-corrected chi connectivity index (χ4v) is 4.70. The van der Waals surface area contributed by atoms with Crippen molar-refractivity contribution in [1.29, 1.82) is 0 Å². The lowest BCUT2D eigenvalue weighted by Crippen LogP contribution is -2.30. The largest absolute Gasteiger partial charge is 0.489 e. The monoisotopic (exact) mass is 470 g/mol. The van der Waals surface area contributed by atoms with Crippen LogP contribution in [0.3, 0.4) is 0 Å². The number of pyridine rings is 1. The fraction of sp³-hybridized carbons (Fsp3) is 0.136. The summed E-state index contributed by atoms with van der Waals surface area (Å²) >= 11 is 7.59. The summed E-state index contributed by atoms with van der Waals surface area (Å²) in [7, 11) is 0. The third-order valence-electron chi connectivity index (χ3n) is 4.98. The van der Waals surface area contributed by atoms with Gasteiger partial charge in [-0.25, -0.2) is 14.4 Å². The van der Waals surface area contributed by atoms with E-state index in [1.54, 1.807) is 30.5 Å². The van der Waals surface area contributed by atoms with Gasteiger partial charge in [-0.15, -0.1) is 0 Å². The fourth-order valence-electron chi connectivity index (χ4n) is 3.52. The maximum Gasteiger partial charge on any atom is 0.261 e. The van der Waals surface area contributed by atoms with Crippen molar-refractivity contribution in [2.45, 2.75) is 6.61 Å². The second-order valence-electron chi connectivity index (χ2n) is 7.05. The minimum absolute atomic E-state index is 0.157. The third-order valence-corrected chi connectivity index (χ3v) is 6.19. The standard InChI is InChI=1S/C22H16ClFN4O3S/c23-15-8-12(11-29)10-25-20(15)28-6-7-31-19-14(2-1-3-17(19)28)21(30)27-22-26-16-5-4-13(24)9-18(16)32-22/h1-5,8-10,29H,6-7,11H2,(H,26,27,30). The number of anilines is 3. The SMILES string of the molecule is O=C(Nc1nc2ccc(F)cc2s1)c1cccc2c1OCCN2c1ncc(CO)cc1Cl. The lowest BCUT2D eigenvalue weighted by atomic mass is 10.1. The van der Waals surface area contributed by atoms with E-state index < -0.39 is 5.91 Å². The van der Waals surface area contributed by atoms with Crippen molar-refractivity contribution in [2.75, 3.05) is 23.4 Å². The van der Waals surface area contributed by atoms with E-state index in [1.165, 1.54) is 23.5 Å². The van der Waals surface area contributed by atoms with Gasteiger partial charge < -0.3 is 14.7 Å². The molecule has 4 aromatic rings. The van der Waals surface area contributed by atoms with Gasteiger partial charge in [0.15, 0.2) is 16.7 Å². The summed E-state index contributed by atoms with van der Waals surface area (Å²) in [5, 5.41) is 12.8. The maximum atomic E-state index is 13.5. The molecule has 162 valence electrons. The van der Waals surface area contributed by atoms with Crippen molar-refractivity contribution in [3.05, 3.63) is 70.6 Å². The molecule has 5 rings (SSSR count). The lowest BCUT2D eigenvalue weighted by Gasteiger charge is -2.32. The molecule has 2 aromatic heterocycles. The Bertz CT molecular complexity index is 1350. The summed E-state index contributed by atoms with van der Waals surface area (Å²) in [5.74, 6) is 0.175. The number of para-hydroxylation sites is 1. The summed E-state index contributed by atoms with van der Waals surface area (Å²) in [6.45, 7) is 0.666. The van der Waals surface area contributed by atoms with Crippen LogP contribution in [0.4, 0.5) is 21.0 Å². The van der Waals surface area contributed by atoms with E-state index in [-0.39, 0.29) is 12.4 Å². The zero-order valence-corrected chi connectivity index (χ0v) is 18.1. The van der Waals surface area contributed by atoms with E-state index in [4.69, 9.17) is 16.3 Å². The van der Waals surface area contributed by atoms with E-state index in [1.807, 2.05) is 11.0 Å². The van der Waals surface area contributed by atoms with Crippen LogP contribution in [0.5, 0.6) is 5.75 Å². The normalized spacial score (nSPS) is 13.0. The summed E-state index contributed by atoms with van der Waals surface area (Å²) in [6.07, 6.45) is 1.56. The van der Waals surface area contributed by atoms with E-state index in [0.29, 0.717) is 61.9 Å². The number of hydrogen-bond acceptors (Lipinski definition) is 7. The number of halogens is 2. The van der Waals surface area contributed by atoms with Crippen LogP contribution in [-0.2, 0) is 6.61 Å². The molecule has 1 aliphatic heterocycles. The summed E-state index contributed by atoms with van der Waals surface area (Å²) in [6, 6.07) is 11.2. The van der Waals surface area contributed by atoms with Gasteiger partial charge in [-0.3, -0.25) is 10.1 Å². The van der Waals surface area contributed by atoms with Gasteiger partial charge in [0.1, 0.15) is 12.4 Å². The van der Waals surface area contributed by atoms with Crippen molar-refractivity contribution in [3.63, 3.8) is 0 Å². The van der Waals surface area contributed by atoms with Crippen molar-refractivity contribution >= 4 is 55.7 Å². The molecule has 3 heterocycles. The number of benzene rings is 2. The molecule has 1 aliphatic rings. The second kappa shape index (κ2) is 8.34. The van der Waals surface area contributed by atoms with Crippen LogP contribution in [0.2, 0.25) is 5.02 Å². The van der Waals surface area contributed by atoms with Crippen LogP contribution >= 0.6 is 22.9 Å². The van der Waals surface area contributed by atoms with Gasteiger partial charge in [0, 0.05) is 6.20 Å². The van der Waals surface area contributed by atoms with Crippen LogP contribution in [0.15, 0.2) is 48.7 Å². The number of hydrogen-bond donors (Lipinski definition) is 2. The Hall–Kier alpha value is -3.27. The number of aromatic nitrogens is 2. The van der Waals surface area contributed by atoms with Gasteiger partial charge >= 0.3 is 0 Å². The molecule has 0 saturated carbocycles. The van der Waals surface area contributed by atoms with Gasteiger partial charge in [-0.05, 0) is 42.0 Å². The predicted octanol–water partition coefficient (Wildman–Crippen LogP) is 4.76. The molecule has 0 aliphatic carbocycles. The van der Waals surface area contributed by atoms with Crippen LogP contribution in [0, 0.1) is 5.82 Å². The number of rotatable bonds is 4. The van der Waals surface area contributed by atoms with Gasteiger partial charge in [-0.1, -0.05) is 29.0 Å². The first-order valence-electron chi connectivity index (χ1n) is 9.69. The summed E-state index contributed by atoms with van der Waals surface area (Å²) < 4.78 is 19.9. The first-order valence-corrected chi connectivity index (χ1v) is 10.9. The lowest BCUT2D eigenvalue weighted by molar-refractivity contribution is 0.102. The molecule has 0 spiro atoms. The van der Waals surface area contributed by atoms with Crippen LogP contribution in [0.25, 0.3) is 10.2 Å². The summed E-state index contributed by atoms with van der Waals surface area (Å²) in [4.78, 5) is 23.6. The number of ether oxygens (including phenoxy) is 1. The van der Waals surface area contributed by atoms with Crippen LogP contribution in [-0.4, -0.2) is 34.1 Å². The molecule has 0 radical (unpaired) electrons. The number of fused-ring (bicyclic) bond motifs is 2. The minimum atomic E-state index is -0.391. The quantitative estimate of drug-likeness (QED) is 0.447. The number of amides is 1. The molecule has 0 unspecified atom stereocenters. The highest BCUT2D eigenvalue weighted by molar-refractivity contribution is 7.22. The predicted molar refractivity (Wildman–Crippen MR) is 122 cm³/mol. The number of thiazole rings is 1. The molecular weight excluding hydrogens is 455 g/mol. The molecule has 1 amide bonds. The minimum Gasteiger partial charge on any atom is -0.489 e. The molecule has 10 heteroatoms. The van der Waals surface area contributed by atoms with Gasteiger partial charge in [0.05, 0.1) is 39.6 Å². The Morgan fingerprint density at radius 2 is 2.19 bits per heavy atom. The van der Waals surface area contributed by atoms with Crippen molar-refractivity contribution in [3.8, 4) is 5.75 Å². The van der Waals surface area contributed by atoms with E-state index in [2.05, 4.69) is 15.3 Å². The Labute approximate surface area is 191 Å². The molecule has 32 heavy (non-hydrogen) atoms. The molecule has 0 fully saturated rings. The van der Waals surface area contributed by atoms with Crippen molar-refractivity contribution in [1.82, 2.24) is 9.97 Å². The van der Waals surface area contributed by atoms with Gasteiger partial charge in [0.25, 0.3) is 5.91 Å². The first-order chi connectivity index (χ1) is 15.5. The Balaban J connectivity index is 1.47. The van der Waals surface area contributed by atoms with Crippen LogP contribution in [0.1, 0.15) is 15.9 Å². The number of carbonyl (C=O) groups is 1. The average Bonchev–Trinajstić information content (AvgIpc) is 3.19.